The highest BCUT2D eigenvalue weighted by atomic mass is 32.2. The van der Waals surface area contributed by atoms with Crippen LogP contribution >= 0.6 is 11.8 Å². The summed E-state index contributed by atoms with van der Waals surface area (Å²) >= 11 is 1.60. The number of rotatable bonds is 4. The number of para-hydroxylation sites is 1. The number of nitriles is 3. The van der Waals surface area contributed by atoms with Crippen LogP contribution in [0.3, 0.4) is 0 Å². The van der Waals surface area contributed by atoms with Crippen molar-refractivity contribution >= 4 is 17.4 Å². The zero-order valence-corrected chi connectivity index (χ0v) is 16.8. The summed E-state index contributed by atoms with van der Waals surface area (Å²) in [5.41, 5.74) is 0.782. The van der Waals surface area contributed by atoms with Gasteiger partial charge in [0.15, 0.2) is 11.3 Å². The number of allylic oxidation sites excluding steroid dienone is 4. The zero-order chi connectivity index (χ0) is 21.0. The van der Waals surface area contributed by atoms with Crippen LogP contribution in [0.2, 0.25) is 0 Å². The Morgan fingerprint density at radius 3 is 2.62 bits per heavy atom. The molecule has 144 valence electrons. The van der Waals surface area contributed by atoms with Gasteiger partial charge in [0.1, 0.15) is 29.4 Å². The number of hydrogen-bond acceptors (Lipinski definition) is 7. The lowest BCUT2D eigenvalue weighted by molar-refractivity contribution is 0.0954. The molecule has 1 aromatic rings. The molecule has 0 fully saturated rings. The Morgan fingerprint density at radius 2 is 1.97 bits per heavy atom. The molecule has 2 aliphatic heterocycles. The fourth-order valence-electron chi connectivity index (χ4n) is 3.22. The van der Waals surface area contributed by atoms with Gasteiger partial charge in [-0.15, -0.1) is 0 Å². The Balaban J connectivity index is 1.98. The smallest absolute Gasteiger partial charge is 0.172 e. The predicted molar refractivity (Wildman–Crippen MR) is 110 cm³/mol. The number of ether oxygens (including phenoxy) is 1. The van der Waals surface area contributed by atoms with E-state index in [-0.39, 0.29) is 23.5 Å². The monoisotopic (exact) mass is 402 g/mol. The second kappa shape index (κ2) is 8.29. The maximum Gasteiger partial charge on any atom is 0.172 e. The summed E-state index contributed by atoms with van der Waals surface area (Å²) in [5.74, 6) is 0.0272. The summed E-state index contributed by atoms with van der Waals surface area (Å²) in [5, 5.41) is 38.2. The molecule has 6 nitrogen and oxygen atoms in total. The number of thioether (sulfide) groups is 1. The van der Waals surface area contributed by atoms with E-state index in [2.05, 4.69) is 6.07 Å². The molecule has 1 aromatic carbocycles. The minimum atomic E-state index is -0.842. The largest absolute Gasteiger partial charge is 0.480 e. The highest BCUT2D eigenvalue weighted by Gasteiger charge is 2.38. The average molecular weight is 402 g/mol. The van der Waals surface area contributed by atoms with Crippen molar-refractivity contribution in [2.75, 3.05) is 18.1 Å². The number of fused-ring (bicyclic) bond motifs is 1. The Hall–Kier alpha value is -3.44. The van der Waals surface area contributed by atoms with Crippen LogP contribution in [0.5, 0.6) is 0 Å². The summed E-state index contributed by atoms with van der Waals surface area (Å²) in [6.07, 6.45) is 5.50. The first-order chi connectivity index (χ1) is 14.0. The van der Waals surface area contributed by atoms with Crippen LogP contribution in [0.25, 0.3) is 0 Å². The van der Waals surface area contributed by atoms with Crippen molar-refractivity contribution in [3.05, 3.63) is 70.0 Å². The molecule has 3 rings (SSSR count). The minimum absolute atomic E-state index is 0.0272. The van der Waals surface area contributed by atoms with Crippen LogP contribution in [-0.2, 0) is 4.74 Å². The molecule has 0 unspecified atom stereocenters. The molecule has 0 amide bonds. The van der Waals surface area contributed by atoms with Gasteiger partial charge < -0.3 is 14.7 Å². The lowest BCUT2D eigenvalue weighted by Gasteiger charge is -2.20. The highest BCUT2D eigenvalue weighted by Crippen LogP contribution is 2.45. The van der Waals surface area contributed by atoms with E-state index in [0.29, 0.717) is 12.1 Å². The van der Waals surface area contributed by atoms with Crippen LogP contribution in [0, 0.1) is 34.0 Å². The molecule has 2 aliphatic rings. The van der Waals surface area contributed by atoms with Crippen molar-refractivity contribution in [1.82, 2.24) is 0 Å². The van der Waals surface area contributed by atoms with E-state index in [9.17, 15) is 10.4 Å². The van der Waals surface area contributed by atoms with Gasteiger partial charge in [-0.3, -0.25) is 0 Å². The summed E-state index contributed by atoms with van der Waals surface area (Å²) in [4.78, 5) is 3.15. The Labute approximate surface area is 173 Å². The molecule has 0 atom stereocenters. The maximum atomic E-state index is 9.59. The van der Waals surface area contributed by atoms with Crippen molar-refractivity contribution in [2.45, 2.75) is 24.3 Å². The molecule has 0 saturated carbocycles. The Morgan fingerprint density at radius 1 is 1.24 bits per heavy atom. The first-order valence-corrected chi connectivity index (χ1v) is 9.70. The van der Waals surface area contributed by atoms with Crippen LogP contribution in [0.1, 0.15) is 13.8 Å². The standard InChI is InChI=1S/C22H18N4O2S/c1-22(2)17(16(14-25)21(28-22)15(12-23)13-24)6-5-9-20-26(10-11-27)18-7-3-4-8-19(18)29-20/h3-9,27H,10-11H2,1-2H3/b6-5+,20-9+. The normalized spacial score (nSPS) is 18.4. The van der Waals surface area contributed by atoms with Crippen LogP contribution in [-0.4, -0.2) is 23.9 Å². The van der Waals surface area contributed by atoms with Gasteiger partial charge in [0, 0.05) is 17.0 Å². The molecule has 0 saturated heterocycles. The van der Waals surface area contributed by atoms with Gasteiger partial charge in [0.25, 0.3) is 0 Å². The van der Waals surface area contributed by atoms with Crippen molar-refractivity contribution < 1.29 is 9.84 Å². The van der Waals surface area contributed by atoms with Gasteiger partial charge in [-0.25, -0.2) is 0 Å². The van der Waals surface area contributed by atoms with E-state index < -0.39 is 5.60 Å². The van der Waals surface area contributed by atoms with E-state index in [1.54, 1.807) is 43.8 Å². The minimum Gasteiger partial charge on any atom is -0.480 e. The third kappa shape index (κ3) is 3.77. The number of hydrogen-bond donors (Lipinski definition) is 1. The van der Waals surface area contributed by atoms with Gasteiger partial charge in [0.2, 0.25) is 0 Å². The van der Waals surface area contributed by atoms with Crippen LogP contribution in [0.15, 0.2) is 74.9 Å². The molecule has 2 heterocycles. The van der Waals surface area contributed by atoms with Gasteiger partial charge in [-0.05, 0) is 32.1 Å². The third-order valence-electron chi connectivity index (χ3n) is 4.53. The Kier molecular flexibility index (Phi) is 5.80. The number of β-amino-alcohol motifs (C(OH)–C–C–N with tert-alkyl or cyclic N) is 1. The third-order valence-corrected chi connectivity index (χ3v) is 5.66. The second-order valence-electron chi connectivity index (χ2n) is 6.75. The summed E-state index contributed by atoms with van der Waals surface area (Å²) in [6, 6.07) is 13.6. The molecule has 0 aliphatic carbocycles. The second-order valence-corrected chi connectivity index (χ2v) is 7.81. The fourth-order valence-corrected chi connectivity index (χ4v) is 4.32. The molecular weight excluding hydrogens is 384 g/mol. The topological polar surface area (TPSA) is 104 Å². The molecule has 0 bridgehead atoms. The van der Waals surface area contributed by atoms with Crippen LogP contribution in [0.4, 0.5) is 5.69 Å². The molecular formula is C22H18N4O2S. The number of anilines is 1. The molecule has 29 heavy (non-hydrogen) atoms. The lowest BCUT2D eigenvalue weighted by atomic mass is 9.95. The van der Waals surface area contributed by atoms with E-state index in [1.165, 1.54) is 0 Å². The summed E-state index contributed by atoms with van der Waals surface area (Å²) in [6.45, 7) is 4.08. The number of benzene rings is 1. The van der Waals surface area contributed by atoms with E-state index in [4.69, 9.17) is 15.3 Å². The maximum absolute atomic E-state index is 9.59. The predicted octanol–water partition coefficient (Wildman–Crippen LogP) is 3.92. The van der Waals surface area contributed by atoms with Gasteiger partial charge in [-0.1, -0.05) is 36.0 Å². The van der Waals surface area contributed by atoms with Crippen LogP contribution < -0.4 is 4.90 Å². The van der Waals surface area contributed by atoms with Crippen molar-refractivity contribution in [1.29, 1.82) is 15.8 Å². The Bertz CT molecular complexity index is 1080. The van der Waals surface area contributed by atoms with E-state index in [1.807, 2.05) is 41.3 Å². The van der Waals surface area contributed by atoms with Crippen molar-refractivity contribution in [2.24, 2.45) is 0 Å². The first-order valence-electron chi connectivity index (χ1n) is 8.89. The SMILES string of the molecule is CC1(C)OC(=C(C#N)C#N)C(C#N)=C1/C=C/C=C1/Sc2ccccc2N1CCO. The molecule has 0 radical (unpaired) electrons. The molecule has 1 N–H and O–H groups in total. The first kappa shape index (κ1) is 20.3. The molecule has 0 spiro atoms. The number of aliphatic hydroxyl groups excluding tert-OH is 1. The highest BCUT2D eigenvalue weighted by molar-refractivity contribution is 8.03. The van der Waals surface area contributed by atoms with Crippen molar-refractivity contribution in [3.8, 4) is 18.2 Å². The number of aliphatic hydroxyl groups is 1. The van der Waals surface area contributed by atoms with Crippen molar-refractivity contribution in [3.63, 3.8) is 0 Å². The molecule has 0 aromatic heterocycles. The van der Waals surface area contributed by atoms with Gasteiger partial charge >= 0.3 is 0 Å². The quantitative estimate of drug-likeness (QED) is 0.761. The molecule has 7 heteroatoms. The average Bonchev–Trinajstić information content (AvgIpc) is 3.18. The number of nitrogens with zero attached hydrogens (tertiary/aromatic N) is 4. The zero-order valence-electron chi connectivity index (χ0n) is 16.0. The lowest BCUT2D eigenvalue weighted by Crippen LogP contribution is -2.21. The van der Waals surface area contributed by atoms with E-state index in [0.717, 1.165) is 15.6 Å². The summed E-state index contributed by atoms with van der Waals surface area (Å²) in [7, 11) is 0. The summed E-state index contributed by atoms with van der Waals surface area (Å²) < 4.78 is 5.76. The van der Waals surface area contributed by atoms with E-state index >= 15 is 0 Å². The van der Waals surface area contributed by atoms with Gasteiger partial charge in [0.05, 0.1) is 17.3 Å². The van der Waals surface area contributed by atoms with Gasteiger partial charge in [-0.2, -0.15) is 15.8 Å². The fraction of sp³-hybridized carbons (Fsp3) is 0.227.